The van der Waals surface area contributed by atoms with Gasteiger partial charge in [-0.1, -0.05) is 15.9 Å². The first-order valence-electron chi connectivity index (χ1n) is 10.8. The summed E-state index contributed by atoms with van der Waals surface area (Å²) in [6, 6.07) is 4.00. The lowest BCUT2D eigenvalue weighted by Gasteiger charge is -2.29. The average Bonchev–Trinajstić information content (AvgIpc) is 2.79. The van der Waals surface area contributed by atoms with Crippen LogP contribution < -0.4 is 20.5 Å². The number of phenols is 2. The van der Waals surface area contributed by atoms with Crippen LogP contribution >= 0.6 is 15.9 Å². The average molecular weight is 571 g/mol. The molecule has 0 amide bonds. The molecule has 0 atom stereocenters. The highest BCUT2D eigenvalue weighted by Gasteiger charge is 2.32. The van der Waals surface area contributed by atoms with Crippen molar-refractivity contribution in [3.8, 4) is 23.0 Å². The summed E-state index contributed by atoms with van der Waals surface area (Å²) in [5.41, 5.74) is -1.42. The van der Waals surface area contributed by atoms with Crippen molar-refractivity contribution in [3.63, 3.8) is 0 Å². The molecular weight excluding hydrogens is 547 g/mol. The van der Waals surface area contributed by atoms with Gasteiger partial charge in [0.05, 0.1) is 17.7 Å². The zero-order chi connectivity index (χ0) is 26.2. The number of benzene rings is 2. The van der Waals surface area contributed by atoms with Crippen LogP contribution in [0.2, 0.25) is 0 Å². The van der Waals surface area contributed by atoms with Crippen LogP contribution in [0.3, 0.4) is 0 Å². The number of nitrogens with zero attached hydrogens (tertiary/aromatic N) is 2. The number of likely N-dealkylation sites (tertiary alicyclic amines) is 1. The molecule has 2 aromatic carbocycles. The Morgan fingerprint density at radius 1 is 1.22 bits per heavy atom. The van der Waals surface area contributed by atoms with Gasteiger partial charge in [-0.2, -0.15) is 4.98 Å². The minimum Gasteiger partial charge on any atom is -0.504 e. The van der Waals surface area contributed by atoms with E-state index in [1.807, 2.05) is 7.05 Å². The topological polar surface area (TPSA) is 181 Å². The highest BCUT2D eigenvalue weighted by atomic mass is 79.9. The zero-order valence-corrected chi connectivity index (χ0v) is 20.5. The molecule has 0 spiro atoms. The number of anilines is 2. The quantitative estimate of drug-likeness (QED) is 0.162. The number of ether oxygens (including phenoxy) is 2. The first-order chi connectivity index (χ1) is 16.9. The lowest BCUT2D eigenvalue weighted by atomic mass is 9.98. The van der Waals surface area contributed by atoms with Crippen molar-refractivity contribution in [2.75, 3.05) is 32.1 Å². The molecule has 1 saturated heterocycles. The summed E-state index contributed by atoms with van der Waals surface area (Å²) in [5, 5.41) is 52.4. The summed E-state index contributed by atoms with van der Waals surface area (Å²) in [7, 11) is 1.98. The summed E-state index contributed by atoms with van der Waals surface area (Å²) in [6.07, 6.45) is -2.20. The highest BCUT2D eigenvalue weighted by molar-refractivity contribution is 9.10. The number of hydrogen-bond donors (Lipinski definition) is 7. The van der Waals surface area contributed by atoms with Gasteiger partial charge in [-0.05, 0) is 57.1 Å². The third kappa shape index (κ3) is 5.63. The molecule has 0 bridgehead atoms. The van der Waals surface area contributed by atoms with Gasteiger partial charge in [-0.25, -0.2) is 9.18 Å². The van der Waals surface area contributed by atoms with Crippen molar-refractivity contribution in [1.82, 2.24) is 14.9 Å². The molecule has 194 valence electrons. The van der Waals surface area contributed by atoms with Crippen molar-refractivity contribution in [1.29, 1.82) is 0 Å². The number of phenolic OH excluding ortho intramolecular Hbond substituents is 2. The van der Waals surface area contributed by atoms with E-state index in [-0.39, 0.29) is 29.1 Å². The number of rotatable bonds is 7. The molecule has 0 saturated carbocycles. The predicted molar refractivity (Wildman–Crippen MR) is 129 cm³/mol. The van der Waals surface area contributed by atoms with Crippen LogP contribution in [0.25, 0.3) is 10.9 Å². The van der Waals surface area contributed by atoms with Gasteiger partial charge in [-0.3, -0.25) is 0 Å². The Morgan fingerprint density at radius 3 is 2.56 bits per heavy atom. The maximum absolute atomic E-state index is 14.4. The van der Waals surface area contributed by atoms with Crippen molar-refractivity contribution >= 4 is 38.3 Å². The monoisotopic (exact) mass is 570 g/mol. The van der Waals surface area contributed by atoms with E-state index < -0.39 is 46.5 Å². The van der Waals surface area contributed by atoms with E-state index in [0.29, 0.717) is 4.47 Å². The fourth-order valence-electron chi connectivity index (χ4n) is 3.93. The number of hydrogen-bond acceptors (Lipinski definition) is 11. The molecule has 12 nitrogen and oxygen atoms in total. The standard InChI is InChI=1S/C22H24BrFN4O8/c1-28-6-4-10(5-7-28)9-35-18-17(30)15-14(16(29)19(18)36-22(32,33)34)20(27-21(31)26-15)25-13-3-2-11(23)8-12(13)24/h2-3,8,10,29-30,32-34H,4-7,9H2,1H3,(H2,25,26,27,31). The number of aromatic amines is 1. The largest absolute Gasteiger partial charge is 0.504 e. The summed E-state index contributed by atoms with van der Waals surface area (Å²) in [4.78, 5) is 20.4. The van der Waals surface area contributed by atoms with E-state index >= 15 is 0 Å². The summed E-state index contributed by atoms with van der Waals surface area (Å²) < 4.78 is 25.2. The van der Waals surface area contributed by atoms with E-state index in [4.69, 9.17) is 4.74 Å². The molecule has 2 heterocycles. The van der Waals surface area contributed by atoms with Gasteiger partial charge in [0, 0.05) is 4.47 Å². The third-order valence-electron chi connectivity index (χ3n) is 5.77. The minimum absolute atomic E-state index is 0.0581. The maximum atomic E-state index is 14.4. The number of aromatic nitrogens is 2. The molecule has 7 N–H and O–H groups in total. The molecule has 0 aliphatic carbocycles. The number of halogens is 2. The molecule has 36 heavy (non-hydrogen) atoms. The first kappa shape index (κ1) is 25.9. The summed E-state index contributed by atoms with van der Waals surface area (Å²) >= 11 is 3.13. The molecule has 1 fully saturated rings. The second-order valence-electron chi connectivity index (χ2n) is 8.48. The van der Waals surface area contributed by atoms with Gasteiger partial charge >= 0.3 is 11.8 Å². The van der Waals surface area contributed by atoms with Gasteiger partial charge in [0.1, 0.15) is 17.2 Å². The second-order valence-corrected chi connectivity index (χ2v) is 9.39. The number of piperidine rings is 1. The Labute approximate surface area is 211 Å². The van der Waals surface area contributed by atoms with Gasteiger partial charge in [0.2, 0.25) is 11.5 Å². The molecule has 1 aliphatic rings. The molecule has 3 aromatic rings. The lowest BCUT2D eigenvalue weighted by molar-refractivity contribution is -0.420. The predicted octanol–water partition coefficient (Wildman–Crippen LogP) is 1.67. The SMILES string of the molecule is CN1CCC(COc2c(OC(O)(O)O)c(O)c3c(Nc4ccc(Br)cc4F)nc(=O)[nH]c3c2O)CC1. The molecule has 4 rings (SSSR count). The van der Waals surface area contributed by atoms with Crippen LogP contribution in [0, 0.1) is 11.7 Å². The third-order valence-corrected chi connectivity index (χ3v) is 6.26. The van der Waals surface area contributed by atoms with Gasteiger partial charge < -0.3 is 50.2 Å². The molecule has 0 radical (unpaired) electrons. The van der Waals surface area contributed by atoms with Crippen LogP contribution in [0.4, 0.5) is 15.9 Å². The van der Waals surface area contributed by atoms with Crippen molar-refractivity contribution in [2.45, 2.75) is 19.0 Å². The lowest BCUT2D eigenvalue weighted by Crippen LogP contribution is -2.35. The number of nitrogens with one attached hydrogen (secondary N) is 2. The van der Waals surface area contributed by atoms with Crippen molar-refractivity contribution in [3.05, 3.63) is 39.0 Å². The minimum atomic E-state index is -3.76. The first-order valence-corrected chi connectivity index (χ1v) is 11.6. The Balaban J connectivity index is 1.83. The fraction of sp³-hybridized carbons (Fsp3) is 0.364. The Kier molecular flexibility index (Phi) is 7.24. The Morgan fingerprint density at radius 2 is 1.92 bits per heavy atom. The van der Waals surface area contributed by atoms with Crippen LogP contribution in [-0.4, -0.2) is 73.3 Å². The van der Waals surface area contributed by atoms with Gasteiger partial charge in [0.15, 0.2) is 11.5 Å². The van der Waals surface area contributed by atoms with E-state index in [1.54, 1.807) is 0 Å². The molecule has 14 heteroatoms. The number of H-pyrrole nitrogens is 1. The van der Waals surface area contributed by atoms with Crippen LogP contribution in [0.5, 0.6) is 23.0 Å². The van der Waals surface area contributed by atoms with Gasteiger partial charge in [0.25, 0.3) is 0 Å². The maximum Gasteiger partial charge on any atom is 0.453 e. The van der Waals surface area contributed by atoms with E-state index in [2.05, 4.69) is 40.9 Å². The summed E-state index contributed by atoms with van der Waals surface area (Å²) in [6.45, 7) is 1.70. The van der Waals surface area contributed by atoms with Crippen LogP contribution in [-0.2, 0) is 0 Å². The van der Waals surface area contributed by atoms with Crippen LogP contribution in [0.1, 0.15) is 12.8 Å². The van der Waals surface area contributed by atoms with E-state index in [0.717, 1.165) is 32.0 Å². The molecule has 1 aliphatic heterocycles. The molecule has 0 unspecified atom stereocenters. The zero-order valence-electron chi connectivity index (χ0n) is 19.0. The second kappa shape index (κ2) is 10.1. The van der Waals surface area contributed by atoms with E-state index in [9.17, 15) is 34.7 Å². The summed E-state index contributed by atoms with van der Waals surface area (Å²) in [5.74, 6) is -4.06. The normalized spacial score (nSPS) is 15.3. The van der Waals surface area contributed by atoms with Gasteiger partial charge in [-0.15, -0.1) is 0 Å². The smallest absolute Gasteiger partial charge is 0.453 e. The molecule has 1 aromatic heterocycles. The van der Waals surface area contributed by atoms with Crippen LogP contribution in [0.15, 0.2) is 27.5 Å². The highest BCUT2D eigenvalue weighted by Crippen LogP contribution is 2.52. The van der Waals surface area contributed by atoms with Crippen molar-refractivity contribution in [2.24, 2.45) is 5.92 Å². The number of aliphatic hydroxyl groups is 3. The van der Waals surface area contributed by atoms with E-state index in [1.165, 1.54) is 12.1 Å². The van der Waals surface area contributed by atoms with Crippen molar-refractivity contribution < 1.29 is 39.4 Å². The molecular formula is C22H24BrFN4O8. The Hall–Kier alpha value is -3.17. The Bertz CT molecular complexity index is 1340. The number of aromatic hydroxyl groups is 2. The number of fused-ring (bicyclic) bond motifs is 1. The fourth-order valence-corrected chi connectivity index (χ4v) is 4.26.